The van der Waals surface area contributed by atoms with Crippen LogP contribution in [0.2, 0.25) is 0 Å². The van der Waals surface area contributed by atoms with Crippen molar-refractivity contribution < 1.29 is 27.1 Å². The van der Waals surface area contributed by atoms with Crippen molar-refractivity contribution in [3.05, 3.63) is 105 Å². The van der Waals surface area contributed by atoms with Crippen LogP contribution in [0.15, 0.2) is 93.8 Å². The molecule has 1 N–H and O–H groups in total. The van der Waals surface area contributed by atoms with Crippen molar-refractivity contribution in [1.82, 2.24) is 0 Å². The lowest BCUT2D eigenvalue weighted by Gasteiger charge is -2.14. The van der Waals surface area contributed by atoms with Crippen LogP contribution in [0.25, 0.3) is 16.8 Å². The van der Waals surface area contributed by atoms with E-state index in [1.165, 1.54) is 30.3 Å². The van der Waals surface area contributed by atoms with Gasteiger partial charge >= 0.3 is 10.1 Å². The van der Waals surface area contributed by atoms with Crippen LogP contribution in [0.3, 0.4) is 0 Å². The van der Waals surface area contributed by atoms with Gasteiger partial charge in [-0.05, 0) is 75.6 Å². The van der Waals surface area contributed by atoms with Crippen molar-refractivity contribution in [1.29, 1.82) is 5.26 Å². The monoisotopic (exact) mass is 621 g/mol. The number of amides is 1. The number of benzene rings is 4. The van der Waals surface area contributed by atoms with Crippen molar-refractivity contribution in [2.75, 3.05) is 11.9 Å². The van der Waals surface area contributed by atoms with Crippen molar-refractivity contribution in [2.45, 2.75) is 11.8 Å². The van der Waals surface area contributed by atoms with Crippen LogP contribution in [0.1, 0.15) is 12.5 Å². The Kier molecular flexibility index (Phi) is 8.47. The SMILES string of the molecule is CCOc1cc(/C=C(\C#N)C(=O)Nc2ccc3ccccc3c2)cc(Br)c1OS(=O)(=O)c1cccc([N+](=O)[O-])c1. The Labute approximate surface area is 237 Å². The van der Waals surface area contributed by atoms with Gasteiger partial charge in [0, 0.05) is 17.8 Å². The zero-order valence-corrected chi connectivity index (χ0v) is 23.2. The minimum absolute atomic E-state index is 0.00404. The van der Waals surface area contributed by atoms with Gasteiger partial charge in [-0.25, -0.2) is 0 Å². The first kappa shape index (κ1) is 28.3. The molecule has 0 aliphatic rings. The molecule has 0 bridgehead atoms. The Bertz CT molecular complexity index is 1810. The molecule has 0 aromatic heterocycles. The highest BCUT2D eigenvalue weighted by atomic mass is 79.9. The summed E-state index contributed by atoms with van der Waals surface area (Å²) in [5.41, 5.74) is 0.234. The summed E-state index contributed by atoms with van der Waals surface area (Å²) in [5.74, 6) is -0.838. The second kappa shape index (κ2) is 12.0. The number of nitrogens with one attached hydrogen (secondary N) is 1. The minimum Gasteiger partial charge on any atom is -0.490 e. The van der Waals surface area contributed by atoms with Crippen molar-refractivity contribution in [2.24, 2.45) is 0 Å². The number of nitrogens with zero attached hydrogens (tertiary/aromatic N) is 2. The second-order valence-electron chi connectivity index (χ2n) is 8.24. The fraction of sp³-hybridized carbons (Fsp3) is 0.0714. The number of nitro benzene ring substituents is 1. The first-order chi connectivity index (χ1) is 19.1. The Morgan fingerprint density at radius 2 is 1.82 bits per heavy atom. The van der Waals surface area contributed by atoms with Crippen LogP contribution in [-0.2, 0) is 14.9 Å². The summed E-state index contributed by atoms with van der Waals surface area (Å²) in [6, 6.07) is 22.2. The van der Waals surface area contributed by atoms with E-state index in [0.717, 1.165) is 22.9 Å². The number of hydrogen-bond donors (Lipinski definition) is 1. The van der Waals surface area contributed by atoms with E-state index in [2.05, 4.69) is 21.2 Å². The summed E-state index contributed by atoms with van der Waals surface area (Å²) in [5, 5.41) is 25.4. The van der Waals surface area contributed by atoms with Gasteiger partial charge in [0.15, 0.2) is 11.5 Å². The maximum absolute atomic E-state index is 12.9. The average Bonchev–Trinajstić information content (AvgIpc) is 2.93. The van der Waals surface area contributed by atoms with Crippen molar-refractivity contribution in [3.8, 4) is 17.6 Å². The molecule has 0 unspecified atom stereocenters. The molecule has 10 nitrogen and oxygen atoms in total. The van der Waals surface area contributed by atoms with Crippen molar-refractivity contribution >= 4 is 60.2 Å². The van der Waals surface area contributed by atoms with Crippen LogP contribution in [0.4, 0.5) is 11.4 Å². The quantitative estimate of drug-likeness (QED) is 0.0760. The minimum atomic E-state index is -4.48. The van der Waals surface area contributed by atoms with E-state index in [-0.39, 0.29) is 28.2 Å². The number of halogens is 1. The van der Waals surface area contributed by atoms with Gasteiger partial charge in [0.2, 0.25) is 0 Å². The molecule has 4 aromatic carbocycles. The number of nitriles is 1. The lowest BCUT2D eigenvalue weighted by atomic mass is 10.1. The molecule has 4 aromatic rings. The number of anilines is 1. The number of non-ortho nitro benzene ring substituents is 1. The number of fused-ring (bicyclic) bond motifs is 1. The van der Waals surface area contributed by atoms with Crippen molar-refractivity contribution in [3.63, 3.8) is 0 Å². The van der Waals surface area contributed by atoms with Crippen LogP contribution in [0, 0.1) is 21.4 Å². The highest BCUT2D eigenvalue weighted by Gasteiger charge is 2.24. The van der Waals surface area contributed by atoms with E-state index in [1.54, 1.807) is 19.1 Å². The number of nitro groups is 1. The molecule has 1 amide bonds. The van der Waals surface area contributed by atoms with Gasteiger partial charge < -0.3 is 14.2 Å². The Hall–Kier alpha value is -4.73. The summed E-state index contributed by atoms with van der Waals surface area (Å²) in [6.45, 7) is 1.81. The topological polar surface area (TPSA) is 149 Å². The zero-order chi connectivity index (χ0) is 28.9. The van der Waals surface area contributed by atoms with Gasteiger partial charge in [0.25, 0.3) is 11.6 Å². The van der Waals surface area contributed by atoms with Gasteiger partial charge in [-0.15, -0.1) is 0 Å². The molecular weight excluding hydrogens is 602 g/mol. The molecule has 0 saturated carbocycles. The summed E-state index contributed by atoms with van der Waals surface area (Å²) >= 11 is 3.27. The molecule has 202 valence electrons. The molecule has 0 aliphatic carbocycles. The third kappa shape index (κ3) is 6.45. The third-order valence-electron chi connectivity index (χ3n) is 5.53. The lowest BCUT2D eigenvalue weighted by molar-refractivity contribution is -0.385. The second-order valence-corrected chi connectivity index (χ2v) is 10.6. The molecular formula is C28H20BrN3O7S. The molecule has 0 heterocycles. The van der Waals surface area contributed by atoms with Gasteiger partial charge in [-0.3, -0.25) is 14.9 Å². The van der Waals surface area contributed by atoms with E-state index >= 15 is 0 Å². The zero-order valence-electron chi connectivity index (χ0n) is 20.8. The predicted molar refractivity (Wildman–Crippen MR) is 152 cm³/mol. The Balaban J connectivity index is 1.63. The molecule has 0 atom stereocenters. The van der Waals surface area contributed by atoms with Gasteiger partial charge in [-0.1, -0.05) is 36.4 Å². The standard InChI is InChI=1S/C28H20BrN3O7S/c1-2-38-26-14-18(12-21(17-30)28(33)31-22-11-10-19-6-3-4-7-20(19)15-22)13-25(29)27(26)39-40(36,37)24-9-5-8-23(16-24)32(34)35/h3-16H,2H2,1H3,(H,31,33)/b21-12+. The maximum atomic E-state index is 12.9. The summed E-state index contributed by atoms with van der Waals surface area (Å²) in [6.07, 6.45) is 1.32. The highest BCUT2D eigenvalue weighted by molar-refractivity contribution is 9.10. The fourth-order valence-electron chi connectivity index (χ4n) is 3.71. The van der Waals surface area contributed by atoms with Crippen LogP contribution in [-0.4, -0.2) is 25.9 Å². The first-order valence-corrected chi connectivity index (χ1v) is 13.9. The number of ether oxygens (including phenoxy) is 1. The van der Waals surface area contributed by atoms with Gasteiger partial charge in [0.05, 0.1) is 16.0 Å². The lowest BCUT2D eigenvalue weighted by Crippen LogP contribution is -2.13. The smallest absolute Gasteiger partial charge is 0.339 e. The van der Waals surface area contributed by atoms with Gasteiger partial charge in [-0.2, -0.15) is 13.7 Å². The third-order valence-corrected chi connectivity index (χ3v) is 7.33. The van der Waals surface area contributed by atoms with Gasteiger partial charge in [0.1, 0.15) is 16.5 Å². The average molecular weight is 622 g/mol. The van der Waals surface area contributed by atoms with Crippen LogP contribution < -0.4 is 14.2 Å². The largest absolute Gasteiger partial charge is 0.490 e. The number of carbonyl (C=O) groups is 1. The van der Waals surface area contributed by atoms with E-state index in [0.29, 0.717) is 11.3 Å². The van der Waals surface area contributed by atoms with Crippen LogP contribution in [0.5, 0.6) is 11.5 Å². The summed E-state index contributed by atoms with van der Waals surface area (Å²) < 4.78 is 36.8. The maximum Gasteiger partial charge on any atom is 0.339 e. The molecule has 40 heavy (non-hydrogen) atoms. The number of rotatable bonds is 9. The summed E-state index contributed by atoms with van der Waals surface area (Å²) in [4.78, 5) is 22.8. The fourth-order valence-corrected chi connectivity index (χ4v) is 5.35. The Morgan fingerprint density at radius 1 is 1.07 bits per heavy atom. The van der Waals surface area contributed by atoms with Crippen LogP contribution >= 0.6 is 15.9 Å². The predicted octanol–water partition coefficient (Wildman–Crippen LogP) is 6.22. The van der Waals surface area contributed by atoms with E-state index in [4.69, 9.17) is 8.92 Å². The van der Waals surface area contributed by atoms with E-state index in [9.17, 15) is 28.6 Å². The normalized spacial score (nSPS) is 11.5. The molecule has 0 fully saturated rings. The highest BCUT2D eigenvalue weighted by Crippen LogP contribution is 2.39. The Morgan fingerprint density at radius 3 is 2.52 bits per heavy atom. The molecule has 0 saturated heterocycles. The number of carbonyl (C=O) groups excluding carboxylic acids is 1. The first-order valence-electron chi connectivity index (χ1n) is 11.7. The molecule has 0 radical (unpaired) electrons. The summed E-state index contributed by atoms with van der Waals surface area (Å²) in [7, 11) is -4.48. The van der Waals surface area contributed by atoms with E-state index < -0.39 is 31.5 Å². The molecule has 0 spiro atoms. The van der Waals surface area contributed by atoms with E-state index in [1.807, 2.05) is 36.4 Å². The molecule has 12 heteroatoms. The molecule has 4 rings (SSSR count). The molecule has 0 aliphatic heterocycles. The number of hydrogen-bond acceptors (Lipinski definition) is 8.